The molecule has 1 amide bonds. The summed E-state index contributed by atoms with van der Waals surface area (Å²) in [6.45, 7) is 0. The molecule has 0 aromatic heterocycles. The van der Waals surface area contributed by atoms with E-state index in [-0.39, 0.29) is 5.91 Å². The number of halogens is 1. The maximum Gasteiger partial charge on any atom is 0.276 e. The fraction of sp³-hybridized carbons (Fsp3) is 0.160. The van der Waals surface area contributed by atoms with Crippen molar-refractivity contribution in [3.8, 4) is 0 Å². The van der Waals surface area contributed by atoms with Crippen molar-refractivity contribution in [2.75, 3.05) is 19.0 Å². The van der Waals surface area contributed by atoms with Gasteiger partial charge in [0.15, 0.2) is 11.3 Å². The first-order chi connectivity index (χ1) is 16.0. The van der Waals surface area contributed by atoms with Gasteiger partial charge in [-0.15, -0.1) is 5.10 Å². The van der Waals surface area contributed by atoms with Crippen molar-refractivity contribution in [3.05, 3.63) is 99.5 Å². The number of benzene rings is 3. The number of rotatable bonds is 4. The number of para-hydroxylation sites is 1. The van der Waals surface area contributed by atoms with E-state index in [4.69, 9.17) is 21.7 Å². The van der Waals surface area contributed by atoms with Crippen LogP contribution in [-0.2, 0) is 10.5 Å². The van der Waals surface area contributed by atoms with Gasteiger partial charge in [0.05, 0.1) is 5.36 Å². The van der Waals surface area contributed by atoms with E-state index in [0.717, 1.165) is 27.4 Å². The SMILES string of the molecule is CN(C)c1ccc(C2N=c3ccccc3=C3C(=O)NC(SCc4ccc(Cl)cc4)=NN32)cc1. The molecule has 8 heteroatoms. The van der Waals surface area contributed by atoms with Gasteiger partial charge >= 0.3 is 0 Å². The number of amides is 1. The average molecular weight is 476 g/mol. The highest BCUT2D eigenvalue weighted by Gasteiger charge is 2.34. The van der Waals surface area contributed by atoms with Crippen LogP contribution in [-0.4, -0.2) is 30.2 Å². The molecule has 1 unspecified atom stereocenters. The molecule has 0 bridgehead atoms. The molecule has 0 aliphatic carbocycles. The van der Waals surface area contributed by atoms with Crippen molar-refractivity contribution >= 4 is 45.8 Å². The second-order valence-corrected chi connectivity index (χ2v) is 9.37. The van der Waals surface area contributed by atoms with Crippen molar-refractivity contribution in [1.82, 2.24) is 10.3 Å². The zero-order chi connectivity index (χ0) is 22.9. The summed E-state index contributed by atoms with van der Waals surface area (Å²) in [6, 6.07) is 23.5. The number of hydrazone groups is 1. The van der Waals surface area contributed by atoms with E-state index in [1.807, 2.05) is 79.7 Å². The lowest BCUT2D eigenvalue weighted by Crippen LogP contribution is -2.50. The van der Waals surface area contributed by atoms with Gasteiger partial charge in [-0.25, -0.2) is 5.01 Å². The first-order valence-electron chi connectivity index (χ1n) is 10.5. The molecular formula is C25H22ClN5OS. The third kappa shape index (κ3) is 4.34. The lowest BCUT2D eigenvalue weighted by Gasteiger charge is -2.34. The molecule has 33 heavy (non-hydrogen) atoms. The van der Waals surface area contributed by atoms with E-state index in [0.29, 0.717) is 21.6 Å². The highest BCUT2D eigenvalue weighted by atomic mass is 35.5. The Bertz CT molecular complexity index is 1350. The molecule has 5 rings (SSSR count). The Kier molecular flexibility index (Phi) is 5.83. The van der Waals surface area contributed by atoms with Crippen molar-refractivity contribution < 1.29 is 4.79 Å². The van der Waals surface area contributed by atoms with Crippen LogP contribution < -0.4 is 20.8 Å². The molecule has 0 saturated carbocycles. The lowest BCUT2D eigenvalue weighted by molar-refractivity contribution is -0.116. The fourth-order valence-corrected chi connectivity index (χ4v) is 4.72. The summed E-state index contributed by atoms with van der Waals surface area (Å²) in [5.74, 6) is 0.482. The van der Waals surface area contributed by atoms with Gasteiger partial charge in [-0.2, -0.15) is 0 Å². The Labute approximate surface area is 201 Å². The molecule has 0 saturated heterocycles. The average Bonchev–Trinajstić information content (AvgIpc) is 2.83. The standard InChI is InChI=1S/C25H22ClN5OS/c1-30(2)19-13-9-17(10-14-19)23-27-21-6-4-3-5-20(21)22-24(32)28-25(29-31(22)23)33-15-16-7-11-18(26)12-8-16/h3-14,23H,15H2,1-2H3,(H,28,29,32). The Morgan fingerprint density at radius 1 is 1.03 bits per heavy atom. The Morgan fingerprint density at radius 2 is 1.76 bits per heavy atom. The summed E-state index contributed by atoms with van der Waals surface area (Å²) in [5, 5.41) is 12.3. The molecule has 0 spiro atoms. The fourth-order valence-electron chi connectivity index (χ4n) is 3.79. The van der Waals surface area contributed by atoms with Crippen molar-refractivity contribution in [2.24, 2.45) is 10.1 Å². The summed E-state index contributed by atoms with van der Waals surface area (Å²) < 4.78 is 0. The molecule has 1 atom stereocenters. The van der Waals surface area contributed by atoms with Gasteiger partial charge in [0.25, 0.3) is 5.91 Å². The number of thioether (sulfide) groups is 1. The van der Waals surface area contributed by atoms with Crippen LogP contribution in [0.25, 0.3) is 5.70 Å². The molecular weight excluding hydrogens is 454 g/mol. The van der Waals surface area contributed by atoms with Crippen LogP contribution in [0.1, 0.15) is 17.3 Å². The number of amidine groups is 1. The van der Waals surface area contributed by atoms with E-state index in [9.17, 15) is 4.79 Å². The maximum atomic E-state index is 13.2. The zero-order valence-electron chi connectivity index (χ0n) is 18.2. The number of hydrogen-bond donors (Lipinski definition) is 1. The van der Waals surface area contributed by atoms with Crippen LogP contribution in [0.2, 0.25) is 5.02 Å². The minimum absolute atomic E-state index is 0.180. The highest BCUT2D eigenvalue weighted by Crippen LogP contribution is 2.32. The quantitative estimate of drug-likeness (QED) is 0.627. The number of carbonyl (C=O) groups excluding carboxylic acids is 1. The summed E-state index contributed by atoms with van der Waals surface area (Å²) in [6.07, 6.45) is -0.428. The van der Waals surface area contributed by atoms with E-state index in [1.54, 1.807) is 5.01 Å². The highest BCUT2D eigenvalue weighted by molar-refractivity contribution is 8.13. The van der Waals surface area contributed by atoms with E-state index in [1.165, 1.54) is 11.8 Å². The number of hydrogen-bond acceptors (Lipinski definition) is 6. The van der Waals surface area contributed by atoms with E-state index < -0.39 is 6.17 Å². The number of nitrogens with one attached hydrogen (secondary N) is 1. The van der Waals surface area contributed by atoms with Crippen molar-refractivity contribution in [1.29, 1.82) is 0 Å². The predicted octanol–water partition coefficient (Wildman–Crippen LogP) is 3.48. The molecule has 2 heterocycles. The van der Waals surface area contributed by atoms with Crippen LogP contribution in [0.4, 0.5) is 5.69 Å². The minimum Gasteiger partial charge on any atom is -0.378 e. The van der Waals surface area contributed by atoms with Gasteiger partial charge < -0.3 is 4.90 Å². The van der Waals surface area contributed by atoms with Crippen LogP contribution in [0.15, 0.2) is 82.9 Å². The molecule has 2 aliphatic heterocycles. The second kappa shape index (κ2) is 8.92. The normalized spacial score (nSPS) is 16.9. The monoisotopic (exact) mass is 475 g/mol. The molecule has 3 aromatic carbocycles. The van der Waals surface area contributed by atoms with Crippen LogP contribution in [0, 0.1) is 0 Å². The third-order valence-electron chi connectivity index (χ3n) is 5.51. The van der Waals surface area contributed by atoms with E-state index in [2.05, 4.69) is 17.4 Å². The largest absolute Gasteiger partial charge is 0.378 e. The van der Waals surface area contributed by atoms with Gasteiger partial charge in [0.1, 0.15) is 5.70 Å². The summed E-state index contributed by atoms with van der Waals surface area (Å²) in [4.78, 5) is 20.2. The minimum atomic E-state index is -0.428. The molecule has 3 aromatic rings. The number of nitrogens with zero attached hydrogens (tertiary/aromatic N) is 4. The predicted molar refractivity (Wildman–Crippen MR) is 134 cm³/mol. The number of carbonyl (C=O) groups is 1. The van der Waals surface area contributed by atoms with Gasteiger partial charge in [-0.3, -0.25) is 15.1 Å². The van der Waals surface area contributed by atoms with Crippen molar-refractivity contribution in [2.45, 2.75) is 11.9 Å². The van der Waals surface area contributed by atoms with Crippen LogP contribution >= 0.6 is 23.4 Å². The van der Waals surface area contributed by atoms with Gasteiger partial charge in [-0.1, -0.05) is 65.8 Å². The molecule has 0 radical (unpaired) electrons. The maximum absolute atomic E-state index is 13.2. The Hall–Kier alpha value is -3.29. The summed E-state index contributed by atoms with van der Waals surface area (Å²) in [5.41, 5.74) is 3.67. The van der Waals surface area contributed by atoms with Gasteiger partial charge in [-0.05, 0) is 41.5 Å². The topological polar surface area (TPSA) is 60.3 Å². The molecule has 6 nitrogen and oxygen atoms in total. The smallest absolute Gasteiger partial charge is 0.276 e. The van der Waals surface area contributed by atoms with Crippen LogP contribution in [0.3, 0.4) is 0 Å². The van der Waals surface area contributed by atoms with Gasteiger partial charge in [0, 0.05) is 35.8 Å². The number of anilines is 1. The van der Waals surface area contributed by atoms with Crippen molar-refractivity contribution in [3.63, 3.8) is 0 Å². The Balaban J connectivity index is 1.53. The summed E-state index contributed by atoms with van der Waals surface area (Å²) in [7, 11) is 4.01. The van der Waals surface area contributed by atoms with Crippen LogP contribution in [0.5, 0.6) is 0 Å². The first kappa shape index (κ1) is 21.6. The van der Waals surface area contributed by atoms with Gasteiger partial charge in [0.2, 0.25) is 0 Å². The molecule has 166 valence electrons. The molecule has 0 fully saturated rings. The first-order valence-corrected chi connectivity index (χ1v) is 11.9. The summed E-state index contributed by atoms with van der Waals surface area (Å²) >= 11 is 7.46. The third-order valence-corrected chi connectivity index (χ3v) is 6.70. The lowest BCUT2D eigenvalue weighted by atomic mass is 10.1. The number of fused-ring (bicyclic) bond motifs is 2. The zero-order valence-corrected chi connectivity index (χ0v) is 19.8. The van der Waals surface area contributed by atoms with E-state index >= 15 is 0 Å². The second-order valence-electron chi connectivity index (χ2n) is 7.97. The molecule has 2 aliphatic rings. The molecule has 1 N–H and O–H groups in total. The Morgan fingerprint density at radius 3 is 2.48 bits per heavy atom.